The summed E-state index contributed by atoms with van der Waals surface area (Å²) >= 11 is 0. The molecule has 1 aliphatic rings. The molecule has 1 aliphatic carbocycles. The van der Waals surface area contributed by atoms with E-state index in [0.717, 1.165) is 5.56 Å². The number of hydrogen-bond donors (Lipinski definition) is 1. The first-order chi connectivity index (χ1) is 10.1. The van der Waals surface area contributed by atoms with Gasteiger partial charge in [-0.2, -0.15) is 0 Å². The Kier molecular flexibility index (Phi) is 3.33. The van der Waals surface area contributed by atoms with Crippen molar-refractivity contribution in [3.63, 3.8) is 0 Å². The maximum Gasteiger partial charge on any atom is 0.250 e. The molecule has 0 unspecified atom stereocenters. The second kappa shape index (κ2) is 5.16. The lowest BCUT2D eigenvalue weighted by molar-refractivity contribution is 0.0998. The lowest BCUT2D eigenvalue weighted by Crippen LogP contribution is -2.16. The molecule has 1 atom stereocenters. The predicted molar refractivity (Wildman–Crippen MR) is 75.9 cm³/mol. The van der Waals surface area contributed by atoms with E-state index in [0.29, 0.717) is 35.4 Å². The number of nitrogens with two attached hydrogens (primary N) is 1. The van der Waals surface area contributed by atoms with Gasteiger partial charge in [0.1, 0.15) is 11.6 Å². The van der Waals surface area contributed by atoms with Gasteiger partial charge < -0.3 is 10.5 Å². The van der Waals surface area contributed by atoms with Crippen molar-refractivity contribution < 1.29 is 13.9 Å². The number of amides is 1. The molecule has 0 saturated carbocycles. The highest BCUT2D eigenvalue weighted by molar-refractivity contribution is 5.94. The number of halogens is 1. The smallest absolute Gasteiger partial charge is 0.250 e. The fourth-order valence-electron chi connectivity index (χ4n) is 2.96. The van der Waals surface area contributed by atoms with E-state index in [9.17, 15) is 9.18 Å². The monoisotopic (exact) mass is 286 g/mol. The molecule has 0 spiro atoms. The highest BCUT2D eigenvalue weighted by Crippen LogP contribution is 2.41. The summed E-state index contributed by atoms with van der Waals surface area (Å²) in [5, 5.41) is 0. The van der Waals surface area contributed by atoms with Crippen molar-refractivity contribution in [1.29, 1.82) is 0 Å². The zero-order valence-corrected chi connectivity index (χ0v) is 11.6. The Hall–Kier alpha value is -2.43. The van der Waals surface area contributed by atoms with Crippen molar-refractivity contribution in [3.8, 4) is 5.75 Å². The number of primary amides is 1. The quantitative estimate of drug-likeness (QED) is 0.942. The van der Waals surface area contributed by atoms with E-state index in [4.69, 9.17) is 10.5 Å². The highest BCUT2D eigenvalue weighted by atomic mass is 19.1. The van der Waals surface area contributed by atoms with Crippen LogP contribution in [0.1, 0.15) is 39.5 Å². The van der Waals surface area contributed by atoms with E-state index >= 15 is 0 Å². The summed E-state index contributed by atoms with van der Waals surface area (Å²) in [6.45, 7) is 0. The van der Waals surface area contributed by atoms with Crippen LogP contribution in [0.3, 0.4) is 0 Å². The van der Waals surface area contributed by atoms with Crippen molar-refractivity contribution in [3.05, 3.63) is 58.7 Å². The molecule has 0 aliphatic heterocycles. The molecule has 2 aromatic rings. The fourth-order valence-corrected chi connectivity index (χ4v) is 2.96. The number of carbonyl (C=O) groups excluding carboxylic acids is 1. The predicted octanol–water partition coefficient (Wildman–Crippen LogP) is 2.41. The number of nitrogens with zero attached hydrogens (tertiary/aromatic N) is 1. The molecular formula is C16H15FN2O2. The molecule has 0 saturated heterocycles. The molecule has 1 aromatic heterocycles. The van der Waals surface area contributed by atoms with Gasteiger partial charge in [-0.25, -0.2) is 4.39 Å². The number of carbonyl (C=O) groups is 1. The molecule has 0 fully saturated rings. The SMILES string of the molecule is COc1cc(F)c2c(c1)[C@H](c1ncccc1C(N)=O)CC2. The molecule has 4 nitrogen and oxygen atoms in total. The first kappa shape index (κ1) is 13.5. The second-order valence-corrected chi connectivity index (χ2v) is 5.07. The van der Waals surface area contributed by atoms with Crippen molar-refractivity contribution >= 4 is 5.91 Å². The van der Waals surface area contributed by atoms with Crippen LogP contribution in [0, 0.1) is 5.82 Å². The van der Waals surface area contributed by atoms with Gasteiger partial charge in [-0.05, 0) is 42.2 Å². The third-order valence-corrected chi connectivity index (χ3v) is 3.93. The van der Waals surface area contributed by atoms with E-state index in [1.807, 2.05) is 6.07 Å². The summed E-state index contributed by atoms with van der Waals surface area (Å²) in [6.07, 6.45) is 2.94. The molecule has 21 heavy (non-hydrogen) atoms. The van der Waals surface area contributed by atoms with Crippen LogP contribution in [-0.4, -0.2) is 18.0 Å². The normalized spacial score (nSPS) is 16.6. The standard InChI is InChI=1S/C16H15FN2O2/c1-21-9-7-13-10(14(17)8-9)4-5-11(13)15-12(16(18)20)3-2-6-19-15/h2-3,6-8,11H,4-5H2,1H3,(H2,18,20)/t11-/m1/s1. The van der Waals surface area contributed by atoms with E-state index in [1.165, 1.54) is 13.2 Å². The number of benzene rings is 1. The summed E-state index contributed by atoms with van der Waals surface area (Å²) < 4.78 is 19.2. The van der Waals surface area contributed by atoms with E-state index < -0.39 is 5.91 Å². The lowest BCUT2D eigenvalue weighted by atomic mass is 9.93. The van der Waals surface area contributed by atoms with Gasteiger partial charge in [-0.15, -0.1) is 0 Å². The molecule has 3 rings (SSSR count). The summed E-state index contributed by atoms with van der Waals surface area (Å²) in [7, 11) is 1.50. The molecule has 1 amide bonds. The van der Waals surface area contributed by atoms with Gasteiger partial charge in [0, 0.05) is 18.2 Å². The zero-order valence-electron chi connectivity index (χ0n) is 11.6. The number of aromatic nitrogens is 1. The minimum Gasteiger partial charge on any atom is -0.497 e. The van der Waals surface area contributed by atoms with E-state index in [1.54, 1.807) is 18.3 Å². The summed E-state index contributed by atoms with van der Waals surface area (Å²) in [5.74, 6) is -0.457. The Balaban J connectivity index is 2.13. The van der Waals surface area contributed by atoms with Gasteiger partial charge in [0.05, 0.1) is 18.4 Å². The molecule has 1 aromatic carbocycles. The molecule has 0 bridgehead atoms. The van der Waals surface area contributed by atoms with Gasteiger partial charge >= 0.3 is 0 Å². The van der Waals surface area contributed by atoms with Crippen molar-refractivity contribution in [1.82, 2.24) is 4.98 Å². The highest BCUT2D eigenvalue weighted by Gasteiger charge is 2.30. The number of methoxy groups -OCH3 is 1. The van der Waals surface area contributed by atoms with Crippen LogP contribution < -0.4 is 10.5 Å². The summed E-state index contributed by atoms with van der Waals surface area (Å²) in [5.41, 5.74) is 7.90. The van der Waals surface area contributed by atoms with Crippen LogP contribution in [-0.2, 0) is 6.42 Å². The van der Waals surface area contributed by atoms with Crippen LogP contribution in [0.25, 0.3) is 0 Å². The van der Waals surface area contributed by atoms with Crippen LogP contribution in [0.4, 0.5) is 4.39 Å². The lowest BCUT2D eigenvalue weighted by Gasteiger charge is -2.15. The van der Waals surface area contributed by atoms with Crippen molar-refractivity contribution in [2.45, 2.75) is 18.8 Å². The Labute approximate surface area is 121 Å². The molecule has 5 heteroatoms. The molecule has 0 radical (unpaired) electrons. The Morgan fingerprint density at radius 3 is 3.00 bits per heavy atom. The van der Waals surface area contributed by atoms with Crippen LogP contribution in [0.2, 0.25) is 0 Å². The third-order valence-electron chi connectivity index (χ3n) is 3.93. The summed E-state index contributed by atoms with van der Waals surface area (Å²) in [4.78, 5) is 15.9. The number of pyridine rings is 1. The fraction of sp³-hybridized carbons (Fsp3) is 0.250. The Morgan fingerprint density at radius 1 is 1.48 bits per heavy atom. The largest absolute Gasteiger partial charge is 0.497 e. The van der Waals surface area contributed by atoms with Gasteiger partial charge in [0.15, 0.2) is 0 Å². The Morgan fingerprint density at radius 2 is 2.29 bits per heavy atom. The van der Waals surface area contributed by atoms with Crippen LogP contribution in [0.5, 0.6) is 5.75 Å². The first-order valence-corrected chi connectivity index (χ1v) is 6.73. The number of rotatable bonds is 3. The van der Waals surface area contributed by atoms with Gasteiger partial charge in [-0.1, -0.05) is 0 Å². The van der Waals surface area contributed by atoms with Gasteiger partial charge in [0.25, 0.3) is 5.91 Å². The van der Waals surface area contributed by atoms with Crippen molar-refractivity contribution in [2.24, 2.45) is 5.73 Å². The Bertz CT molecular complexity index is 715. The minimum atomic E-state index is -0.519. The molecular weight excluding hydrogens is 271 g/mol. The zero-order chi connectivity index (χ0) is 15.0. The number of fused-ring (bicyclic) bond motifs is 1. The molecule has 108 valence electrons. The van der Waals surface area contributed by atoms with Gasteiger partial charge in [0.2, 0.25) is 0 Å². The van der Waals surface area contributed by atoms with Crippen LogP contribution >= 0.6 is 0 Å². The minimum absolute atomic E-state index is 0.131. The topological polar surface area (TPSA) is 65.2 Å². The maximum atomic E-state index is 14.1. The summed E-state index contributed by atoms with van der Waals surface area (Å²) in [6, 6.07) is 6.52. The first-order valence-electron chi connectivity index (χ1n) is 6.73. The second-order valence-electron chi connectivity index (χ2n) is 5.07. The van der Waals surface area contributed by atoms with Crippen LogP contribution in [0.15, 0.2) is 30.5 Å². The number of hydrogen-bond acceptors (Lipinski definition) is 3. The average Bonchev–Trinajstić information content (AvgIpc) is 2.91. The van der Waals surface area contributed by atoms with Gasteiger partial charge in [-0.3, -0.25) is 9.78 Å². The molecule has 1 heterocycles. The number of ether oxygens (including phenoxy) is 1. The van der Waals surface area contributed by atoms with E-state index in [2.05, 4.69) is 4.98 Å². The third kappa shape index (κ3) is 2.24. The van der Waals surface area contributed by atoms with Crippen molar-refractivity contribution in [2.75, 3.05) is 7.11 Å². The van der Waals surface area contributed by atoms with E-state index in [-0.39, 0.29) is 11.7 Å². The maximum absolute atomic E-state index is 14.1. The molecule has 2 N–H and O–H groups in total. The average molecular weight is 286 g/mol.